The molecule has 0 bridgehead atoms. The van der Waals surface area contributed by atoms with Crippen LogP contribution >= 0.6 is 0 Å². The molecule has 1 saturated heterocycles. The molecule has 2 heterocycles. The average molecular weight is 259 g/mol. The van der Waals surface area contributed by atoms with E-state index in [1.165, 1.54) is 16.6 Å². The molecule has 17 heavy (non-hydrogen) atoms. The monoisotopic (exact) mass is 259 g/mol. The summed E-state index contributed by atoms with van der Waals surface area (Å²) >= 11 is 0. The maximum Gasteiger partial charge on any atom is 0.308 e. The lowest BCUT2D eigenvalue weighted by Crippen LogP contribution is -2.37. The molecule has 0 aromatic carbocycles. The van der Waals surface area contributed by atoms with Crippen molar-refractivity contribution in [2.75, 3.05) is 6.54 Å². The van der Waals surface area contributed by atoms with Crippen molar-refractivity contribution in [3.8, 4) is 0 Å². The summed E-state index contributed by atoms with van der Waals surface area (Å²) in [6, 6.07) is 0.816. The summed E-state index contributed by atoms with van der Waals surface area (Å²) < 4.78 is 25.5. The van der Waals surface area contributed by atoms with Crippen LogP contribution in [0.4, 0.5) is 0 Å². The highest BCUT2D eigenvalue weighted by molar-refractivity contribution is 7.89. The first-order valence-electron chi connectivity index (χ1n) is 5.18. The van der Waals surface area contributed by atoms with Crippen LogP contribution in [0.5, 0.6) is 0 Å². The predicted molar refractivity (Wildman–Crippen MR) is 57.7 cm³/mol. The maximum atomic E-state index is 12.1. The molecule has 94 valence electrons. The van der Waals surface area contributed by atoms with E-state index < -0.39 is 28.0 Å². The van der Waals surface area contributed by atoms with Gasteiger partial charge in [-0.25, -0.2) is 8.42 Å². The maximum absolute atomic E-state index is 12.1. The number of H-pyrrole nitrogens is 1. The van der Waals surface area contributed by atoms with Crippen molar-refractivity contribution < 1.29 is 18.3 Å². The highest BCUT2D eigenvalue weighted by Crippen LogP contribution is 2.29. The van der Waals surface area contributed by atoms with E-state index in [0.717, 1.165) is 0 Å². The van der Waals surface area contributed by atoms with Crippen LogP contribution in [0.25, 0.3) is 0 Å². The second kappa shape index (κ2) is 4.11. The quantitative estimate of drug-likeness (QED) is 0.788. The van der Waals surface area contributed by atoms with Gasteiger partial charge in [0.25, 0.3) is 10.0 Å². The summed E-state index contributed by atoms with van der Waals surface area (Å²) in [6.45, 7) is 1.83. The second-order valence-electron chi connectivity index (χ2n) is 4.01. The fourth-order valence-electron chi connectivity index (χ4n) is 2.09. The Balaban J connectivity index is 2.29. The van der Waals surface area contributed by atoms with Crippen LogP contribution in [0.3, 0.4) is 0 Å². The standard InChI is InChI=1S/C9H13N3O4S/c1-6-7(9(13)14)3-5-12(6)17(15,16)8-2-4-10-11-8/h2,4,6-7H,3,5H2,1H3,(H,10,11)(H,13,14). The Hall–Kier alpha value is -1.41. The molecule has 0 radical (unpaired) electrons. The number of carboxylic acid groups (broad SMARTS) is 1. The zero-order valence-electron chi connectivity index (χ0n) is 9.20. The van der Waals surface area contributed by atoms with Crippen LogP contribution in [-0.4, -0.2) is 46.6 Å². The van der Waals surface area contributed by atoms with Gasteiger partial charge in [-0.05, 0) is 19.4 Å². The van der Waals surface area contributed by atoms with E-state index in [-0.39, 0.29) is 11.6 Å². The summed E-state index contributed by atoms with van der Waals surface area (Å²) in [7, 11) is -3.66. The van der Waals surface area contributed by atoms with Crippen molar-refractivity contribution in [2.45, 2.75) is 24.4 Å². The fraction of sp³-hybridized carbons (Fsp3) is 0.556. The first-order valence-corrected chi connectivity index (χ1v) is 6.62. The number of aliphatic carboxylic acids is 1. The Morgan fingerprint density at radius 1 is 1.65 bits per heavy atom. The molecule has 1 aromatic heterocycles. The zero-order chi connectivity index (χ0) is 12.6. The third kappa shape index (κ3) is 1.93. The van der Waals surface area contributed by atoms with E-state index in [2.05, 4.69) is 10.2 Å². The topological polar surface area (TPSA) is 103 Å². The van der Waals surface area contributed by atoms with Crippen LogP contribution in [0, 0.1) is 5.92 Å². The lowest BCUT2D eigenvalue weighted by atomic mass is 10.0. The van der Waals surface area contributed by atoms with Gasteiger partial charge in [0.1, 0.15) is 0 Å². The largest absolute Gasteiger partial charge is 0.481 e. The molecule has 2 unspecified atom stereocenters. The number of aromatic amines is 1. The first kappa shape index (κ1) is 12.1. The Bertz CT molecular complexity index is 510. The molecule has 2 rings (SSSR count). The lowest BCUT2D eigenvalue weighted by Gasteiger charge is -2.21. The van der Waals surface area contributed by atoms with Gasteiger partial charge in [-0.3, -0.25) is 9.89 Å². The van der Waals surface area contributed by atoms with Crippen LogP contribution in [0.15, 0.2) is 17.3 Å². The van der Waals surface area contributed by atoms with Crippen LogP contribution in [0.1, 0.15) is 13.3 Å². The van der Waals surface area contributed by atoms with Crippen molar-refractivity contribution >= 4 is 16.0 Å². The molecule has 0 aliphatic carbocycles. The number of nitrogens with one attached hydrogen (secondary N) is 1. The molecule has 1 aromatic rings. The van der Waals surface area contributed by atoms with Crippen LogP contribution in [-0.2, 0) is 14.8 Å². The number of aromatic nitrogens is 2. The summed E-state index contributed by atoms with van der Waals surface area (Å²) in [4.78, 5) is 10.9. The molecule has 1 aliphatic heterocycles. The Kier molecular flexibility index (Phi) is 2.92. The van der Waals surface area contributed by atoms with Gasteiger partial charge in [-0.1, -0.05) is 0 Å². The van der Waals surface area contributed by atoms with Crippen molar-refractivity contribution in [2.24, 2.45) is 5.92 Å². The molecule has 1 fully saturated rings. The highest BCUT2D eigenvalue weighted by Gasteiger charge is 2.42. The molecule has 7 nitrogen and oxygen atoms in total. The van der Waals surface area contributed by atoms with Gasteiger partial charge in [0.15, 0.2) is 5.03 Å². The number of sulfonamides is 1. The van der Waals surface area contributed by atoms with Gasteiger partial charge in [0.2, 0.25) is 0 Å². The van der Waals surface area contributed by atoms with Crippen LogP contribution < -0.4 is 0 Å². The van der Waals surface area contributed by atoms with Crippen molar-refractivity contribution in [3.05, 3.63) is 12.3 Å². The minimum atomic E-state index is -3.66. The molecule has 2 N–H and O–H groups in total. The summed E-state index contributed by atoms with van der Waals surface area (Å²) in [6.07, 6.45) is 1.69. The number of hydrogen-bond acceptors (Lipinski definition) is 4. The highest BCUT2D eigenvalue weighted by atomic mass is 32.2. The van der Waals surface area contributed by atoms with Gasteiger partial charge < -0.3 is 5.11 Å². The number of hydrogen-bond donors (Lipinski definition) is 2. The summed E-state index contributed by atoms with van der Waals surface area (Å²) in [5, 5.41) is 14.9. The number of carboxylic acids is 1. The number of rotatable bonds is 3. The lowest BCUT2D eigenvalue weighted by molar-refractivity contribution is -0.142. The van der Waals surface area contributed by atoms with Gasteiger partial charge in [0, 0.05) is 12.6 Å². The Morgan fingerprint density at radius 3 is 2.82 bits per heavy atom. The second-order valence-corrected chi connectivity index (χ2v) is 5.87. The number of carbonyl (C=O) groups is 1. The van der Waals surface area contributed by atoms with Crippen molar-refractivity contribution in [3.63, 3.8) is 0 Å². The van der Waals surface area contributed by atoms with Gasteiger partial charge in [-0.15, -0.1) is 0 Å². The molecule has 8 heteroatoms. The van der Waals surface area contributed by atoms with Crippen molar-refractivity contribution in [1.82, 2.24) is 14.5 Å². The molecular weight excluding hydrogens is 246 g/mol. The van der Waals surface area contributed by atoms with E-state index in [4.69, 9.17) is 5.11 Å². The van der Waals surface area contributed by atoms with E-state index in [0.29, 0.717) is 6.42 Å². The predicted octanol–water partition coefficient (Wildman–Crippen LogP) is -0.107. The van der Waals surface area contributed by atoms with E-state index >= 15 is 0 Å². The SMILES string of the molecule is CC1C(C(=O)O)CCN1S(=O)(=O)c1ccn[nH]1. The third-order valence-corrected chi connectivity index (χ3v) is 4.99. The molecule has 1 aliphatic rings. The number of nitrogens with zero attached hydrogens (tertiary/aromatic N) is 2. The smallest absolute Gasteiger partial charge is 0.308 e. The van der Waals surface area contributed by atoms with E-state index in [9.17, 15) is 13.2 Å². The summed E-state index contributed by atoms with van der Waals surface area (Å²) in [5.74, 6) is -1.60. The van der Waals surface area contributed by atoms with E-state index in [1.807, 2.05) is 0 Å². The minimum Gasteiger partial charge on any atom is -0.481 e. The van der Waals surface area contributed by atoms with E-state index in [1.54, 1.807) is 6.92 Å². The molecule has 0 spiro atoms. The average Bonchev–Trinajstić information content (AvgIpc) is 2.84. The first-order chi connectivity index (χ1) is 7.94. The van der Waals surface area contributed by atoms with Gasteiger partial charge in [-0.2, -0.15) is 9.40 Å². The van der Waals surface area contributed by atoms with Crippen LogP contribution in [0.2, 0.25) is 0 Å². The third-order valence-electron chi connectivity index (χ3n) is 3.08. The Morgan fingerprint density at radius 2 is 2.35 bits per heavy atom. The zero-order valence-corrected chi connectivity index (χ0v) is 10.0. The van der Waals surface area contributed by atoms with Gasteiger partial charge >= 0.3 is 5.97 Å². The Labute approximate surface area is 98.5 Å². The molecule has 0 amide bonds. The fourth-order valence-corrected chi connectivity index (χ4v) is 3.68. The minimum absolute atomic E-state index is 0.00427. The van der Waals surface area contributed by atoms with Crippen molar-refractivity contribution in [1.29, 1.82) is 0 Å². The normalized spacial score (nSPS) is 26.2. The summed E-state index contributed by atoms with van der Waals surface area (Å²) in [5.41, 5.74) is 0. The molecular formula is C9H13N3O4S. The molecule has 2 atom stereocenters. The molecule has 0 saturated carbocycles. The van der Waals surface area contributed by atoms with Gasteiger partial charge in [0.05, 0.1) is 12.1 Å².